The Hall–Kier alpha value is -4.87. The summed E-state index contributed by atoms with van der Waals surface area (Å²) < 4.78 is 38.0. The van der Waals surface area contributed by atoms with Gasteiger partial charge in [0.15, 0.2) is 11.6 Å². The van der Waals surface area contributed by atoms with Gasteiger partial charge in [0.05, 0.1) is 30.1 Å². The molecule has 12 heteroatoms. The molecule has 2 aliphatic rings. The summed E-state index contributed by atoms with van der Waals surface area (Å²) in [6.07, 6.45) is 1.30. The van der Waals surface area contributed by atoms with Crippen LogP contribution in [0.1, 0.15) is 75.7 Å². The first-order valence-corrected chi connectivity index (χ1v) is 17.4. The van der Waals surface area contributed by atoms with Crippen LogP contribution in [0, 0.1) is 17.2 Å². The molecule has 3 amide bonds. The van der Waals surface area contributed by atoms with Crippen LogP contribution in [0.15, 0.2) is 54.6 Å². The van der Waals surface area contributed by atoms with Crippen LogP contribution in [-0.4, -0.2) is 73.8 Å². The van der Waals surface area contributed by atoms with E-state index in [-0.39, 0.29) is 48.6 Å². The van der Waals surface area contributed by atoms with Crippen molar-refractivity contribution in [2.75, 3.05) is 27.2 Å². The van der Waals surface area contributed by atoms with Gasteiger partial charge in [0.2, 0.25) is 5.91 Å². The van der Waals surface area contributed by atoms with E-state index in [2.05, 4.69) is 10.6 Å². The zero-order chi connectivity index (χ0) is 36.9. The van der Waals surface area contributed by atoms with Crippen LogP contribution in [0.4, 0.5) is 9.18 Å². The quantitative estimate of drug-likeness (QED) is 0.253. The van der Waals surface area contributed by atoms with Gasteiger partial charge in [-0.2, -0.15) is 0 Å². The number of fused-ring (bicyclic) bond motifs is 1. The van der Waals surface area contributed by atoms with Gasteiger partial charge in [0, 0.05) is 32.2 Å². The summed E-state index contributed by atoms with van der Waals surface area (Å²) in [5.41, 5.74) is -0.441. The van der Waals surface area contributed by atoms with E-state index in [1.807, 2.05) is 49.4 Å². The molecule has 0 bridgehead atoms. The second-order valence-corrected chi connectivity index (χ2v) is 14.6. The molecule has 0 unspecified atom stereocenters. The summed E-state index contributed by atoms with van der Waals surface area (Å²) in [6.45, 7) is 7.65. The highest BCUT2D eigenvalue weighted by Gasteiger charge is 2.41. The Labute approximate surface area is 298 Å². The van der Waals surface area contributed by atoms with Crippen molar-refractivity contribution in [3.05, 3.63) is 71.5 Å². The van der Waals surface area contributed by atoms with E-state index in [4.69, 9.17) is 18.9 Å². The monoisotopic (exact) mass is 705 g/mol. The molecule has 5 rings (SSSR count). The second kappa shape index (κ2) is 15.6. The van der Waals surface area contributed by atoms with Gasteiger partial charge in [-0.05, 0) is 82.2 Å². The molecule has 3 aromatic rings. The van der Waals surface area contributed by atoms with Crippen LogP contribution in [0.25, 0.3) is 10.8 Å². The minimum absolute atomic E-state index is 0.00481. The van der Waals surface area contributed by atoms with E-state index in [0.29, 0.717) is 32.1 Å². The molecule has 0 aromatic heterocycles. The number of likely N-dealkylation sites (tertiary alicyclic amines) is 1. The largest absolute Gasteiger partial charge is 0.496 e. The molecule has 3 aromatic carbocycles. The molecule has 1 aliphatic carbocycles. The normalized spacial score (nSPS) is 22.1. The molecule has 2 atom stereocenters. The third-order valence-corrected chi connectivity index (χ3v) is 9.72. The number of methoxy groups -OCH3 is 1. The molecule has 11 nitrogen and oxygen atoms in total. The van der Waals surface area contributed by atoms with Crippen molar-refractivity contribution in [1.82, 2.24) is 15.5 Å². The lowest BCUT2D eigenvalue weighted by atomic mass is 9.74. The SMILES string of the molecule is CNC(=O)[C@H]1CN(C(=O)OC(C)(C)C)CC[C@H]1NC(=O)c1cc(OC2CCC(C)(C(=O)OCc3cccc4ccccc34)CC2)c(F)cc1OC. The number of benzene rings is 3. The van der Waals surface area contributed by atoms with Crippen LogP contribution >= 0.6 is 0 Å². The predicted octanol–water partition coefficient (Wildman–Crippen LogP) is 6.16. The minimum Gasteiger partial charge on any atom is -0.496 e. The molecule has 2 fully saturated rings. The number of halogens is 1. The Kier molecular flexibility index (Phi) is 11.4. The molecule has 0 radical (unpaired) electrons. The Morgan fingerprint density at radius 1 is 0.980 bits per heavy atom. The standard InChI is InChI=1S/C39H48FN3O8/c1-38(2,3)51-37(47)43-19-16-31(29(22-43)34(44)41-5)42-35(45)28-20-33(30(40)21-32(28)48-6)50-26-14-17-39(4,18-15-26)36(46)49-23-25-12-9-11-24-10-7-8-13-27(24)25/h7-13,20-21,26,29,31H,14-19,22-23H2,1-6H3,(H,41,44)(H,42,45)/t26?,29-,31+,39?/m0/s1. The first-order chi connectivity index (χ1) is 24.2. The van der Waals surface area contributed by atoms with Gasteiger partial charge in [-0.25, -0.2) is 9.18 Å². The van der Waals surface area contributed by atoms with Crippen molar-refractivity contribution in [2.24, 2.45) is 11.3 Å². The maximum absolute atomic E-state index is 15.3. The van der Waals surface area contributed by atoms with E-state index < -0.39 is 46.9 Å². The van der Waals surface area contributed by atoms with E-state index >= 15 is 4.39 Å². The van der Waals surface area contributed by atoms with Gasteiger partial charge < -0.3 is 34.5 Å². The summed E-state index contributed by atoms with van der Waals surface area (Å²) in [6, 6.07) is 15.7. The lowest BCUT2D eigenvalue weighted by Crippen LogP contribution is -2.57. The number of nitrogens with one attached hydrogen (secondary N) is 2. The maximum atomic E-state index is 15.3. The number of amides is 3. The minimum atomic E-state index is -0.752. The van der Waals surface area contributed by atoms with E-state index in [0.717, 1.165) is 22.4 Å². The fourth-order valence-electron chi connectivity index (χ4n) is 6.75. The fraction of sp³-hybridized carbons (Fsp3) is 0.487. The van der Waals surface area contributed by atoms with Crippen LogP contribution in [0.3, 0.4) is 0 Å². The smallest absolute Gasteiger partial charge is 0.410 e. The zero-order valence-electron chi connectivity index (χ0n) is 30.2. The molecule has 0 spiro atoms. The zero-order valence-corrected chi connectivity index (χ0v) is 30.2. The highest BCUT2D eigenvalue weighted by atomic mass is 19.1. The number of nitrogens with zero attached hydrogens (tertiary/aromatic N) is 1. The molecular weight excluding hydrogens is 657 g/mol. The fourth-order valence-corrected chi connectivity index (χ4v) is 6.75. The average Bonchev–Trinajstić information content (AvgIpc) is 3.11. The van der Waals surface area contributed by atoms with Crippen molar-refractivity contribution in [3.8, 4) is 11.5 Å². The van der Waals surface area contributed by atoms with E-state index in [1.165, 1.54) is 25.1 Å². The third kappa shape index (κ3) is 8.90. The van der Waals surface area contributed by atoms with Crippen molar-refractivity contribution in [2.45, 2.75) is 84.2 Å². The summed E-state index contributed by atoms with van der Waals surface area (Å²) >= 11 is 0. The average molecular weight is 706 g/mol. The summed E-state index contributed by atoms with van der Waals surface area (Å²) in [7, 11) is 2.82. The Morgan fingerprint density at radius 2 is 1.69 bits per heavy atom. The number of rotatable bonds is 9. The number of piperidine rings is 1. The Balaban J connectivity index is 1.21. The first kappa shape index (κ1) is 37.4. The van der Waals surface area contributed by atoms with Crippen molar-refractivity contribution >= 4 is 34.6 Å². The van der Waals surface area contributed by atoms with Crippen LogP contribution in [0.2, 0.25) is 0 Å². The molecule has 51 heavy (non-hydrogen) atoms. The maximum Gasteiger partial charge on any atom is 0.410 e. The van der Waals surface area contributed by atoms with Crippen LogP contribution in [0.5, 0.6) is 11.5 Å². The predicted molar refractivity (Wildman–Crippen MR) is 189 cm³/mol. The number of hydrogen-bond donors (Lipinski definition) is 2. The lowest BCUT2D eigenvalue weighted by molar-refractivity contribution is -0.159. The topological polar surface area (TPSA) is 133 Å². The van der Waals surface area contributed by atoms with Crippen LogP contribution in [-0.2, 0) is 25.7 Å². The molecule has 2 N–H and O–H groups in total. The summed E-state index contributed by atoms with van der Waals surface area (Å²) in [5, 5.41) is 7.63. The second-order valence-electron chi connectivity index (χ2n) is 14.6. The van der Waals surface area contributed by atoms with Gasteiger partial charge in [0.1, 0.15) is 18.0 Å². The highest BCUT2D eigenvalue weighted by molar-refractivity contribution is 5.98. The Morgan fingerprint density at radius 3 is 2.37 bits per heavy atom. The van der Waals surface area contributed by atoms with Gasteiger partial charge >= 0.3 is 12.1 Å². The Bertz CT molecular complexity index is 1760. The third-order valence-electron chi connectivity index (χ3n) is 9.72. The van der Waals surface area contributed by atoms with Gasteiger partial charge in [-0.1, -0.05) is 42.5 Å². The number of carbonyl (C=O) groups is 4. The molecule has 274 valence electrons. The van der Waals surface area contributed by atoms with Gasteiger partial charge in [0.25, 0.3) is 5.91 Å². The first-order valence-electron chi connectivity index (χ1n) is 17.4. The van der Waals surface area contributed by atoms with Crippen molar-refractivity contribution in [3.63, 3.8) is 0 Å². The van der Waals surface area contributed by atoms with E-state index in [9.17, 15) is 19.2 Å². The van der Waals surface area contributed by atoms with Crippen molar-refractivity contribution < 1.29 is 42.5 Å². The molecule has 1 saturated heterocycles. The highest BCUT2D eigenvalue weighted by Crippen LogP contribution is 2.40. The summed E-state index contributed by atoms with van der Waals surface area (Å²) in [5.74, 6) is -2.76. The molecule has 1 heterocycles. The van der Waals surface area contributed by atoms with Gasteiger partial charge in [-0.15, -0.1) is 0 Å². The molecular formula is C39H48FN3O8. The van der Waals surface area contributed by atoms with Crippen molar-refractivity contribution in [1.29, 1.82) is 0 Å². The number of ether oxygens (including phenoxy) is 4. The molecule has 1 saturated carbocycles. The van der Waals surface area contributed by atoms with Crippen LogP contribution < -0.4 is 20.1 Å². The van der Waals surface area contributed by atoms with E-state index in [1.54, 1.807) is 20.8 Å². The number of carbonyl (C=O) groups excluding carboxylic acids is 4. The molecule has 1 aliphatic heterocycles. The number of hydrogen-bond acceptors (Lipinski definition) is 8. The van der Waals surface area contributed by atoms with Gasteiger partial charge in [-0.3, -0.25) is 14.4 Å². The summed E-state index contributed by atoms with van der Waals surface area (Å²) in [4.78, 5) is 54.0. The number of esters is 1. The lowest BCUT2D eigenvalue weighted by Gasteiger charge is -2.38.